The Morgan fingerprint density at radius 1 is 1.33 bits per heavy atom. The topological polar surface area (TPSA) is 24.7 Å². The molecule has 3 rings (SSSR count). The molecule has 2 aliphatic rings. The average Bonchev–Trinajstić information content (AvgIpc) is 2.67. The van der Waals surface area contributed by atoms with Gasteiger partial charge >= 0.3 is 0 Å². The zero-order valence-corrected chi connectivity index (χ0v) is 12.1. The number of rotatable bonds is 0. The minimum absolute atomic E-state index is 0.952. The summed E-state index contributed by atoms with van der Waals surface area (Å²) < 4.78 is 6.43. The van der Waals surface area contributed by atoms with Crippen LogP contribution in [-0.4, -0.2) is 0 Å². The maximum absolute atomic E-state index is 4.20. The molecule has 0 atom stereocenters. The van der Waals surface area contributed by atoms with Gasteiger partial charge in [-0.15, -0.1) is 21.0 Å². The van der Waals surface area contributed by atoms with Crippen molar-refractivity contribution < 1.29 is 0 Å². The van der Waals surface area contributed by atoms with Crippen molar-refractivity contribution in [1.29, 1.82) is 0 Å². The minimum atomic E-state index is 0.952. The van der Waals surface area contributed by atoms with Crippen LogP contribution in [0.3, 0.4) is 0 Å². The highest BCUT2D eigenvalue weighted by Crippen LogP contribution is 2.50. The molecule has 0 N–H and O–H groups in total. The van der Waals surface area contributed by atoms with Gasteiger partial charge in [0.2, 0.25) is 0 Å². The molecule has 1 aliphatic carbocycles. The summed E-state index contributed by atoms with van der Waals surface area (Å²) >= 11 is 10.2. The third-order valence-electron chi connectivity index (χ3n) is 2.18. The van der Waals surface area contributed by atoms with Gasteiger partial charge in [0, 0.05) is 27.8 Å². The van der Waals surface area contributed by atoms with Crippen LogP contribution in [0.2, 0.25) is 0 Å². The smallest absolute Gasteiger partial charge is 0.106 e. The largest absolute Gasteiger partial charge is 0.142 e. The SMILES string of the molecule is BrC1=CC2=C(C1)c1sc(Br)cc1N=NS2. The highest BCUT2D eigenvalue weighted by Gasteiger charge is 2.23. The van der Waals surface area contributed by atoms with Crippen LogP contribution >= 0.6 is 55.1 Å². The number of hydrogen-bond acceptors (Lipinski definition) is 4. The molecule has 0 radical (unpaired) electrons. The van der Waals surface area contributed by atoms with E-state index in [2.05, 4.69) is 47.6 Å². The molecule has 0 unspecified atom stereocenters. The summed E-state index contributed by atoms with van der Waals surface area (Å²) in [4.78, 5) is 2.44. The van der Waals surface area contributed by atoms with E-state index in [0.29, 0.717) is 0 Å². The summed E-state index contributed by atoms with van der Waals surface area (Å²) in [6.07, 6.45) is 3.08. The van der Waals surface area contributed by atoms with Crippen molar-refractivity contribution >= 4 is 66.4 Å². The molecule has 1 aliphatic heterocycles. The lowest BCUT2D eigenvalue weighted by molar-refractivity contribution is 1.34. The molecule has 6 heteroatoms. The Bertz CT molecular complexity index is 528. The third-order valence-corrected chi connectivity index (χ3v) is 5.10. The van der Waals surface area contributed by atoms with Gasteiger partial charge < -0.3 is 0 Å². The van der Waals surface area contributed by atoms with Crippen LogP contribution in [0.15, 0.2) is 35.0 Å². The van der Waals surface area contributed by atoms with Crippen molar-refractivity contribution in [3.05, 3.63) is 30.2 Å². The van der Waals surface area contributed by atoms with E-state index in [1.54, 1.807) is 11.3 Å². The summed E-state index contributed by atoms with van der Waals surface area (Å²) in [6, 6.07) is 2.02. The van der Waals surface area contributed by atoms with Crippen molar-refractivity contribution in [2.75, 3.05) is 0 Å². The van der Waals surface area contributed by atoms with Gasteiger partial charge in [-0.3, -0.25) is 0 Å². The number of thiophene rings is 1. The van der Waals surface area contributed by atoms with Crippen molar-refractivity contribution in [3.8, 4) is 0 Å². The van der Waals surface area contributed by atoms with Crippen molar-refractivity contribution in [3.63, 3.8) is 0 Å². The van der Waals surface area contributed by atoms with Crippen LogP contribution < -0.4 is 0 Å². The zero-order chi connectivity index (χ0) is 10.4. The van der Waals surface area contributed by atoms with E-state index in [0.717, 1.165) is 15.9 Å². The fourth-order valence-corrected chi connectivity index (χ4v) is 4.56. The Labute approximate surface area is 112 Å². The highest BCUT2D eigenvalue weighted by molar-refractivity contribution is 9.11. The first-order valence-corrected chi connectivity index (χ1v) is 7.38. The molecule has 1 aromatic heterocycles. The Kier molecular flexibility index (Phi) is 2.62. The molecular formula is C9H4Br2N2S2. The fraction of sp³-hybridized carbons (Fsp3) is 0.111. The first-order valence-electron chi connectivity index (χ1n) is 4.21. The van der Waals surface area contributed by atoms with E-state index < -0.39 is 0 Å². The lowest BCUT2D eigenvalue weighted by atomic mass is 10.2. The first kappa shape index (κ1) is 10.3. The van der Waals surface area contributed by atoms with Crippen LogP contribution in [0.5, 0.6) is 0 Å². The van der Waals surface area contributed by atoms with Crippen LogP contribution in [-0.2, 0) is 0 Å². The molecule has 2 nitrogen and oxygen atoms in total. The molecular weight excluding hydrogens is 360 g/mol. The van der Waals surface area contributed by atoms with Gasteiger partial charge in [-0.1, -0.05) is 15.9 Å². The zero-order valence-electron chi connectivity index (χ0n) is 7.33. The molecule has 0 saturated carbocycles. The number of nitrogens with zero attached hydrogens (tertiary/aromatic N) is 2. The summed E-state index contributed by atoms with van der Waals surface area (Å²) in [6.45, 7) is 0. The van der Waals surface area contributed by atoms with Crippen LogP contribution in [0, 0.1) is 0 Å². The molecule has 1 aromatic rings. The van der Waals surface area contributed by atoms with Gasteiger partial charge in [-0.25, -0.2) is 0 Å². The Hall–Kier alpha value is 0.0900. The van der Waals surface area contributed by atoms with E-state index in [-0.39, 0.29) is 0 Å². The van der Waals surface area contributed by atoms with Crippen molar-refractivity contribution in [1.82, 2.24) is 0 Å². The Balaban J connectivity index is 2.18. The Morgan fingerprint density at radius 2 is 2.20 bits per heavy atom. The maximum Gasteiger partial charge on any atom is 0.106 e. The van der Waals surface area contributed by atoms with Crippen LogP contribution in [0.1, 0.15) is 11.3 Å². The van der Waals surface area contributed by atoms with E-state index in [1.165, 1.54) is 31.8 Å². The van der Waals surface area contributed by atoms with E-state index in [1.807, 2.05) is 6.07 Å². The maximum atomic E-state index is 4.20. The number of allylic oxidation sites excluding steroid dienone is 3. The van der Waals surface area contributed by atoms with Crippen LogP contribution in [0.25, 0.3) is 5.57 Å². The summed E-state index contributed by atoms with van der Waals surface area (Å²) in [7, 11) is 0. The minimum Gasteiger partial charge on any atom is -0.142 e. The Morgan fingerprint density at radius 3 is 3.07 bits per heavy atom. The van der Waals surface area contributed by atoms with Gasteiger partial charge in [0.15, 0.2) is 0 Å². The lowest BCUT2D eigenvalue weighted by Gasteiger charge is -1.99. The molecule has 2 heterocycles. The lowest BCUT2D eigenvalue weighted by Crippen LogP contribution is -1.76. The van der Waals surface area contributed by atoms with E-state index >= 15 is 0 Å². The van der Waals surface area contributed by atoms with E-state index in [4.69, 9.17) is 0 Å². The second-order valence-corrected chi connectivity index (χ2v) is 7.38. The molecule has 76 valence electrons. The van der Waals surface area contributed by atoms with Crippen LogP contribution in [0.4, 0.5) is 5.69 Å². The molecule has 0 fully saturated rings. The predicted octanol–water partition coefficient (Wildman–Crippen LogP) is 5.65. The van der Waals surface area contributed by atoms with Gasteiger partial charge in [0.1, 0.15) is 5.69 Å². The fourth-order valence-electron chi connectivity index (χ4n) is 1.56. The highest BCUT2D eigenvalue weighted by atomic mass is 79.9. The van der Waals surface area contributed by atoms with E-state index in [9.17, 15) is 0 Å². The summed E-state index contributed by atoms with van der Waals surface area (Å²) in [5, 5.41) is 4.20. The predicted molar refractivity (Wildman–Crippen MR) is 72.7 cm³/mol. The third kappa shape index (κ3) is 1.77. The van der Waals surface area contributed by atoms with Gasteiger partial charge in [-0.2, -0.15) is 0 Å². The van der Waals surface area contributed by atoms with Crippen molar-refractivity contribution in [2.24, 2.45) is 9.63 Å². The second kappa shape index (κ2) is 3.84. The summed E-state index contributed by atoms with van der Waals surface area (Å²) in [5.74, 6) is 0. The molecule has 0 saturated heterocycles. The van der Waals surface area contributed by atoms with Gasteiger partial charge in [-0.05, 0) is 33.6 Å². The standard InChI is InChI=1S/C9H4Br2N2S2/c10-4-1-5-7(2-4)15-13-12-6-3-8(11)14-9(5)6/h2-3H,1H2. The molecule has 0 aromatic carbocycles. The number of halogens is 2. The second-order valence-electron chi connectivity index (χ2n) is 3.15. The van der Waals surface area contributed by atoms with Crippen molar-refractivity contribution in [2.45, 2.75) is 6.42 Å². The molecule has 0 amide bonds. The monoisotopic (exact) mass is 362 g/mol. The molecule has 15 heavy (non-hydrogen) atoms. The quantitative estimate of drug-likeness (QED) is 0.546. The first-order chi connectivity index (χ1) is 7.24. The summed E-state index contributed by atoms with van der Waals surface area (Å²) in [5.41, 5.74) is 2.31. The normalized spacial score (nSPS) is 18.7. The average molecular weight is 364 g/mol. The number of hydrogen-bond donors (Lipinski definition) is 0. The number of fused-ring (bicyclic) bond motifs is 2. The van der Waals surface area contributed by atoms with Gasteiger partial charge in [0.05, 0.1) is 8.66 Å². The molecule has 0 spiro atoms. The van der Waals surface area contributed by atoms with Gasteiger partial charge in [0.25, 0.3) is 0 Å². The molecule has 0 bridgehead atoms.